The summed E-state index contributed by atoms with van der Waals surface area (Å²) in [6.07, 6.45) is 2.22. The normalized spacial score (nSPS) is 12.8. The van der Waals surface area contributed by atoms with Gasteiger partial charge in [-0.15, -0.1) is 0 Å². The van der Waals surface area contributed by atoms with Crippen LogP contribution in [0.4, 0.5) is 10.1 Å². The van der Waals surface area contributed by atoms with E-state index in [1.54, 1.807) is 30.3 Å². The number of methoxy groups -OCH3 is 1. The lowest BCUT2D eigenvalue weighted by molar-refractivity contribution is 0.102. The molecule has 0 saturated heterocycles. The monoisotopic (exact) mass is 356 g/mol. The first kappa shape index (κ1) is 17.9. The molecule has 1 aliphatic heterocycles. The average Bonchev–Trinajstić information content (AvgIpc) is 2.68. The van der Waals surface area contributed by atoms with E-state index < -0.39 is 5.91 Å². The Bertz CT molecular complexity index is 836. The van der Waals surface area contributed by atoms with Crippen LogP contribution in [0.25, 0.3) is 0 Å². The van der Waals surface area contributed by atoms with E-state index in [2.05, 4.69) is 17.2 Å². The molecule has 0 radical (unpaired) electrons. The number of ether oxygens (including phenoxy) is 2. The molecule has 0 aromatic heterocycles. The zero-order valence-electron chi connectivity index (χ0n) is 14.6. The van der Waals surface area contributed by atoms with E-state index in [1.165, 1.54) is 7.11 Å². The van der Waals surface area contributed by atoms with E-state index in [0.29, 0.717) is 42.2 Å². The van der Waals surface area contributed by atoms with Gasteiger partial charge in [0.05, 0.1) is 12.8 Å². The van der Waals surface area contributed by atoms with Crippen LogP contribution in [0.1, 0.15) is 21.5 Å². The molecule has 2 aromatic rings. The molecular weight excluding hydrogens is 335 g/mol. The molecule has 136 valence electrons. The summed E-state index contributed by atoms with van der Waals surface area (Å²) in [7, 11) is 1.50. The highest BCUT2D eigenvalue weighted by atomic mass is 19.1. The van der Waals surface area contributed by atoms with Gasteiger partial charge in [-0.1, -0.05) is 18.7 Å². The second-order valence-corrected chi connectivity index (χ2v) is 5.91. The number of carbonyl (C=O) groups excluding carboxylic acids is 1. The van der Waals surface area contributed by atoms with Crippen LogP contribution in [0.15, 0.2) is 43.0 Å². The molecule has 0 bridgehead atoms. The third kappa shape index (κ3) is 3.70. The van der Waals surface area contributed by atoms with Crippen molar-refractivity contribution in [1.29, 1.82) is 0 Å². The number of carbonyl (C=O) groups is 1. The minimum absolute atomic E-state index is 0.182. The Hall–Kier alpha value is -2.86. The van der Waals surface area contributed by atoms with Gasteiger partial charge in [-0.25, -0.2) is 4.39 Å². The fourth-order valence-electron chi connectivity index (χ4n) is 2.90. The maximum atomic E-state index is 14.7. The van der Waals surface area contributed by atoms with Crippen LogP contribution in [0, 0.1) is 5.82 Å². The van der Waals surface area contributed by atoms with Crippen LogP contribution >= 0.6 is 0 Å². The van der Waals surface area contributed by atoms with E-state index in [4.69, 9.17) is 9.47 Å². The first-order chi connectivity index (χ1) is 12.6. The highest BCUT2D eigenvalue weighted by Gasteiger charge is 2.18. The SMILES string of the molecule is C=CCOc1ccc(C(=O)Nc2ccc3c(c2F)CCNC3)cc1OC. The quantitative estimate of drug-likeness (QED) is 0.780. The number of fused-ring (bicyclic) bond motifs is 1. The number of hydrogen-bond donors (Lipinski definition) is 2. The number of hydrogen-bond acceptors (Lipinski definition) is 4. The Morgan fingerprint density at radius 3 is 2.96 bits per heavy atom. The average molecular weight is 356 g/mol. The van der Waals surface area contributed by atoms with E-state index in [-0.39, 0.29) is 11.5 Å². The number of nitrogens with one attached hydrogen (secondary N) is 2. The van der Waals surface area contributed by atoms with Crippen LogP contribution in [0.2, 0.25) is 0 Å². The Kier molecular flexibility index (Phi) is 5.53. The van der Waals surface area contributed by atoms with Crippen molar-refractivity contribution in [3.8, 4) is 11.5 Å². The molecule has 2 N–H and O–H groups in total. The minimum Gasteiger partial charge on any atom is -0.493 e. The van der Waals surface area contributed by atoms with Gasteiger partial charge in [0.2, 0.25) is 0 Å². The summed E-state index contributed by atoms with van der Waals surface area (Å²) in [4.78, 5) is 12.5. The molecule has 3 rings (SSSR count). The number of rotatable bonds is 6. The number of amides is 1. The summed E-state index contributed by atoms with van der Waals surface area (Å²) >= 11 is 0. The molecule has 1 aliphatic rings. The van der Waals surface area contributed by atoms with Gasteiger partial charge in [0.15, 0.2) is 11.5 Å². The van der Waals surface area contributed by atoms with E-state index in [9.17, 15) is 9.18 Å². The summed E-state index contributed by atoms with van der Waals surface area (Å²) in [5, 5.41) is 5.84. The molecular formula is C20H21FN2O3. The number of benzene rings is 2. The summed E-state index contributed by atoms with van der Waals surface area (Å²) in [5.74, 6) is 0.162. The van der Waals surface area contributed by atoms with Gasteiger partial charge in [0.25, 0.3) is 5.91 Å². The molecule has 0 atom stereocenters. The van der Waals surface area contributed by atoms with E-state index in [1.807, 2.05) is 6.07 Å². The van der Waals surface area contributed by atoms with Gasteiger partial charge in [0, 0.05) is 12.1 Å². The fraction of sp³-hybridized carbons (Fsp3) is 0.250. The topological polar surface area (TPSA) is 59.6 Å². The molecule has 26 heavy (non-hydrogen) atoms. The first-order valence-electron chi connectivity index (χ1n) is 8.38. The predicted octanol–water partition coefficient (Wildman–Crippen LogP) is 3.30. The molecule has 5 nitrogen and oxygen atoms in total. The lowest BCUT2D eigenvalue weighted by Crippen LogP contribution is -2.25. The third-order valence-electron chi connectivity index (χ3n) is 4.24. The van der Waals surface area contributed by atoms with Gasteiger partial charge < -0.3 is 20.1 Å². The highest BCUT2D eigenvalue weighted by molar-refractivity contribution is 6.04. The van der Waals surface area contributed by atoms with Crippen molar-refractivity contribution in [3.05, 3.63) is 65.5 Å². The van der Waals surface area contributed by atoms with Crippen LogP contribution < -0.4 is 20.1 Å². The second-order valence-electron chi connectivity index (χ2n) is 5.91. The van der Waals surface area contributed by atoms with Crippen molar-refractivity contribution in [2.45, 2.75) is 13.0 Å². The van der Waals surface area contributed by atoms with Crippen molar-refractivity contribution in [2.24, 2.45) is 0 Å². The van der Waals surface area contributed by atoms with Gasteiger partial charge in [-0.05, 0) is 48.4 Å². The van der Waals surface area contributed by atoms with Crippen molar-refractivity contribution in [3.63, 3.8) is 0 Å². The van der Waals surface area contributed by atoms with Crippen molar-refractivity contribution >= 4 is 11.6 Å². The molecule has 1 heterocycles. The molecule has 1 amide bonds. The third-order valence-corrected chi connectivity index (χ3v) is 4.24. The van der Waals surface area contributed by atoms with Crippen LogP contribution in [0.3, 0.4) is 0 Å². The molecule has 0 aliphatic carbocycles. The standard InChI is InChI=1S/C20H21FN2O3/c1-3-10-26-17-7-5-13(11-18(17)25-2)20(24)23-16-6-4-14-12-22-9-8-15(14)19(16)21/h3-7,11,22H,1,8-10,12H2,2H3,(H,23,24). The molecule has 0 fully saturated rings. The smallest absolute Gasteiger partial charge is 0.255 e. The first-order valence-corrected chi connectivity index (χ1v) is 8.38. The Labute approximate surface area is 151 Å². The molecule has 0 spiro atoms. The largest absolute Gasteiger partial charge is 0.493 e. The highest BCUT2D eigenvalue weighted by Crippen LogP contribution is 2.29. The fourth-order valence-corrected chi connectivity index (χ4v) is 2.90. The van der Waals surface area contributed by atoms with Crippen LogP contribution in [-0.2, 0) is 13.0 Å². The maximum absolute atomic E-state index is 14.7. The molecule has 6 heteroatoms. The van der Waals surface area contributed by atoms with Crippen molar-refractivity contribution in [1.82, 2.24) is 5.32 Å². The molecule has 2 aromatic carbocycles. The summed E-state index contributed by atoms with van der Waals surface area (Å²) < 4.78 is 25.4. The number of anilines is 1. The number of halogens is 1. The van der Waals surface area contributed by atoms with Gasteiger partial charge in [-0.3, -0.25) is 4.79 Å². The summed E-state index contributed by atoms with van der Waals surface area (Å²) in [6.45, 7) is 5.29. The summed E-state index contributed by atoms with van der Waals surface area (Å²) in [6, 6.07) is 8.25. The van der Waals surface area contributed by atoms with Gasteiger partial charge in [0.1, 0.15) is 12.4 Å². The van der Waals surface area contributed by atoms with Crippen LogP contribution in [-0.4, -0.2) is 26.2 Å². The minimum atomic E-state index is -0.411. The second kappa shape index (κ2) is 8.01. The van der Waals surface area contributed by atoms with Crippen LogP contribution in [0.5, 0.6) is 11.5 Å². The Balaban J connectivity index is 1.81. The van der Waals surface area contributed by atoms with E-state index >= 15 is 0 Å². The van der Waals surface area contributed by atoms with Crippen molar-refractivity contribution in [2.75, 3.05) is 25.6 Å². The van der Waals surface area contributed by atoms with Gasteiger partial charge in [-0.2, -0.15) is 0 Å². The summed E-state index contributed by atoms with van der Waals surface area (Å²) in [5.41, 5.74) is 2.12. The van der Waals surface area contributed by atoms with Crippen molar-refractivity contribution < 1.29 is 18.7 Å². The zero-order valence-corrected chi connectivity index (χ0v) is 14.6. The predicted molar refractivity (Wildman–Crippen MR) is 98.4 cm³/mol. The molecule has 0 unspecified atom stereocenters. The zero-order chi connectivity index (χ0) is 18.5. The Morgan fingerprint density at radius 1 is 1.35 bits per heavy atom. The lowest BCUT2D eigenvalue weighted by Gasteiger charge is -2.19. The van der Waals surface area contributed by atoms with E-state index in [0.717, 1.165) is 12.1 Å². The van der Waals surface area contributed by atoms with Gasteiger partial charge >= 0.3 is 0 Å². The maximum Gasteiger partial charge on any atom is 0.255 e. The Morgan fingerprint density at radius 2 is 2.19 bits per heavy atom. The lowest BCUT2D eigenvalue weighted by atomic mass is 9.99. The molecule has 0 saturated carbocycles.